The monoisotopic (exact) mass is 359 g/mol. The number of hydrogen-bond donors (Lipinski definition) is 2. The first-order chi connectivity index (χ1) is 11.7. The van der Waals surface area contributed by atoms with E-state index < -0.39 is 5.60 Å². The second-order valence-corrected chi connectivity index (χ2v) is 8.76. The highest BCUT2D eigenvalue weighted by molar-refractivity contribution is 7.80. The van der Waals surface area contributed by atoms with E-state index in [-0.39, 0.29) is 11.3 Å². The second kappa shape index (κ2) is 6.76. The van der Waals surface area contributed by atoms with E-state index in [4.69, 9.17) is 0 Å². The van der Waals surface area contributed by atoms with Crippen LogP contribution in [-0.4, -0.2) is 25.5 Å². The Morgan fingerprint density at radius 3 is 2.52 bits per heavy atom. The molecule has 0 aliphatic heterocycles. The largest absolute Gasteiger partial charge is 0.387 e. The predicted molar refractivity (Wildman–Crippen MR) is 103 cm³/mol. The molecule has 2 unspecified atom stereocenters. The molecule has 0 bridgehead atoms. The first kappa shape index (κ1) is 18.5. The molecule has 3 rings (SSSR count). The topological polar surface area (TPSA) is 50.9 Å². The van der Waals surface area contributed by atoms with Crippen molar-refractivity contribution in [3.63, 3.8) is 0 Å². The molecule has 1 saturated carbocycles. The van der Waals surface area contributed by atoms with Gasteiger partial charge in [-0.25, -0.2) is 9.67 Å². The Labute approximate surface area is 156 Å². The van der Waals surface area contributed by atoms with Gasteiger partial charge in [-0.3, -0.25) is 0 Å². The minimum absolute atomic E-state index is 0.165. The lowest BCUT2D eigenvalue weighted by molar-refractivity contribution is -0.0922. The number of aromatic nitrogens is 3. The Hall–Kier alpha value is -1.33. The van der Waals surface area contributed by atoms with Gasteiger partial charge in [-0.1, -0.05) is 52.0 Å². The average Bonchev–Trinajstić information content (AvgIpc) is 3.04. The maximum absolute atomic E-state index is 11.7. The molecule has 2 aromatic rings. The molecule has 5 heteroatoms. The Morgan fingerprint density at radius 1 is 1.28 bits per heavy atom. The van der Waals surface area contributed by atoms with Crippen molar-refractivity contribution in [1.29, 1.82) is 0 Å². The van der Waals surface area contributed by atoms with Crippen LogP contribution in [0.2, 0.25) is 0 Å². The molecule has 1 aromatic carbocycles. The lowest BCUT2D eigenvalue weighted by Crippen LogP contribution is -2.49. The third-order valence-corrected chi connectivity index (χ3v) is 6.43. The van der Waals surface area contributed by atoms with Crippen LogP contribution in [0.15, 0.2) is 35.7 Å². The summed E-state index contributed by atoms with van der Waals surface area (Å²) in [6.45, 7) is 9.17. The van der Waals surface area contributed by atoms with Crippen LogP contribution in [-0.2, 0) is 13.0 Å². The molecular formula is C20H29N3OS. The second-order valence-electron chi connectivity index (χ2n) is 8.36. The molecule has 0 saturated heterocycles. The molecule has 1 aliphatic carbocycles. The Morgan fingerprint density at radius 2 is 1.96 bits per heavy atom. The molecule has 4 nitrogen and oxygen atoms in total. The zero-order chi connectivity index (χ0) is 18.2. The maximum Gasteiger partial charge on any atom is 0.183 e. The van der Waals surface area contributed by atoms with Gasteiger partial charge in [0.2, 0.25) is 0 Å². The molecule has 1 aromatic heterocycles. The quantitative estimate of drug-likeness (QED) is 0.790. The van der Waals surface area contributed by atoms with Crippen molar-refractivity contribution in [2.24, 2.45) is 11.3 Å². The van der Waals surface area contributed by atoms with Crippen molar-refractivity contribution in [2.75, 3.05) is 0 Å². The number of thiol groups is 1. The van der Waals surface area contributed by atoms with Gasteiger partial charge in [0.1, 0.15) is 6.33 Å². The summed E-state index contributed by atoms with van der Waals surface area (Å²) in [5, 5.41) is 16.4. The fourth-order valence-corrected chi connectivity index (χ4v) is 4.25. The molecule has 1 N–H and O–H groups in total. The van der Waals surface area contributed by atoms with E-state index in [1.807, 2.05) is 0 Å². The van der Waals surface area contributed by atoms with Crippen molar-refractivity contribution in [2.45, 2.75) is 70.2 Å². The van der Waals surface area contributed by atoms with Crippen molar-refractivity contribution in [3.8, 4) is 0 Å². The van der Waals surface area contributed by atoms with E-state index >= 15 is 0 Å². The molecule has 0 spiro atoms. The van der Waals surface area contributed by atoms with Crippen LogP contribution < -0.4 is 0 Å². The van der Waals surface area contributed by atoms with Crippen LogP contribution in [0.25, 0.3) is 0 Å². The first-order valence-electron chi connectivity index (χ1n) is 9.11. The molecule has 1 fully saturated rings. The number of rotatable bonds is 5. The predicted octanol–water partition coefficient (Wildman–Crippen LogP) is 4.10. The summed E-state index contributed by atoms with van der Waals surface area (Å²) in [5.41, 5.74) is 1.65. The van der Waals surface area contributed by atoms with E-state index in [9.17, 15) is 5.11 Å². The molecule has 1 aliphatic rings. The third-order valence-electron chi connectivity index (χ3n) is 6.08. The lowest BCUT2D eigenvalue weighted by atomic mass is 9.72. The van der Waals surface area contributed by atoms with E-state index in [0.29, 0.717) is 17.6 Å². The van der Waals surface area contributed by atoms with Crippen molar-refractivity contribution >= 4 is 12.6 Å². The van der Waals surface area contributed by atoms with Gasteiger partial charge in [0, 0.05) is 0 Å². The number of benzene rings is 1. The highest BCUT2D eigenvalue weighted by atomic mass is 32.1. The molecular weight excluding hydrogens is 330 g/mol. The summed E-state index contributed by atoms with van der Waals surface area (Å²) in [4.78, 5) is 4.08. The van der Waals surface area contributed by atoms with Gasteiger partial charge in [0.05, 0.1) is 12.1 Å². The smallest absolute Gasteiger partial charge is 0.183 e. The molecule has 25 heavy (non-hydrogen) atoms. The van der Waals surface area contributed by atoms with Crippen LogP contribution in [0.1, 0.15) is 57.6 Å². The molecule has 2 atom stereocenters. The van der Waals surface area contributed by atoms with Gasteiger partial charge in [-0.2, -0.15) is 5.10 Å². The fraction of sp³-hybridized carbons (Fsp3) is 0.600. The summed E-state index contributed by atoms with van der Waals surface area (Å²) >= 11 is 4.35. The Kier molecular flexibility index (Phi) is 5.00. The normalized spacial score (nSPS) is 25.6. The fourth-order valence-electron chi connectivity index (χ4n) is 4.08. The standard InChI is InChI=1S/C20H29N3OS/c1-14(2)16-7-5-15(6-8-16)11-17-9-10-19(3,4)20(17,24)12-23-18(25)21-13-22-23/h5-8,13-14,17,24H,9-12H2,1-4H3,(H,21,22,25). The van der Waals surface area contributed by atoms with Crippen LogP contribution in [0.3, 0.4) is 0 Å². The first-order valence-corrected chi connectivity index (χ1v) is 9.55. The zero-order valence-corrected chi connectivity index (χ0v) is 16.5. The number of aliphatic hydroxyl groups is 1. The Balaban J connectivity index is 1.83. The van der Waals surface area contributed by atoms with Gasteiger partial charge in [0.15, 0.2) is 5.16 Å². The molecule has 0 radical (unpaired) electrons. The zero-order valence-electron chi connectivity index (χ0n) is 15.6. The van der Waals surface area contributed by atoms with Gasteiger partial charge < -0.3 is 5.11 Å². The van der Waals surface area contributed by atoms with Crippen molar-refractivity contribution < 1.29 is 5.11 Å². The van der Waals surface area contributed by atoms with Gasteiger partial charge in [0.25, 0.3) is 0 Å². The van der Waals surface area contributed by atoms with Crippen molar-refractivity contribution in [3.05, 3.63) is 41.7 Å². The van der Waals surface area contributed by atoms with Crippen LogP contribution in [0, 0.1) is 11.3 Å². The summed E-state index contributed by atoms with van der Waals surface area (Å²) in [6, 6.07) is 8.84. The summed E-state index contributed by atoms with van der Waals surface area (Å²) < 4.78 is 1.71. The third kappa shape index (κ3) is 3.49. The summed E-state index contributed by atoms with van der Waals surface area (Å²) in [6.07, 6.45) is 4.41. The molecule has 136 valence electrons. The number of hydrogen-bond acceptors (Lipinski definition) is 4. The Bertz CT molecular complexity index is 723. The minimum atomic E-state index is -0.825. The van der Waals surface area contributed by atoms with Crippen LogP contribution in [0.5, 0.6) is 0 Å². The summed E-state index contributed by atoms with van der Waals surface area (Å²) in [5.74, 6) is 0.738. The van der Waals surface area contributed by atoms with E-state index in [0.717, 1.165) is 19.3 Å². The van der Waals surface area contributed by atoms with Gasteiger partial charge in [-0.15, -0.1) is 12.6 Å². The molecule has 0 amide bonds. The van der Waals surface area contributed by atoms with Crippen LogP contribution in [0.4, 0.5) is 0 Å². The highest BCUT2D eigenvalue weighted by Crippen LogP contribution is 2.51. The molecule has 1 heterocycles. The van der Waals surface area contributed by atoms with Gasteiger partial charge >= 0.3 is 0 Å². The highest BCUT2D eigenvalue weighted by Gasteiger charge is 2.54. The SMILES string of the molecule is CC(C)c1ccc(CC2CCC(C)(C)C2(O)Cn2ncnc2S)cc1. The summed E-state index contributed by atoms with van der Waals surface area (Å²) in [7, 11) is 0. The van der Waals surface area contributed by atoms with Crippen LogP contribution >= 0.6 is 12.6 Å². The number of nitrogens with zero attached hydrogens (tertiary/aromatic N) is 3. The lowest BCUT2D eigenvalue weighted by Gasteiger charge is -2.41. The minimum Gasteiger partial charge on any atom is -0.387 e. The van der Waals surface area contributed by atoms with Crippen molar-refractivity contribution in [1.82, 2.24) is 14.8 Å². The van der Waals surface area contributed by atoms with E-state index in [1.165, 1.54) is 17.5 Å². The van der Waals surface area contributed by atoms with Gasteiger partial charge in [-0.05, 0) is 47.6 Å². The van der Waals surface area contributed by atoms with E-state index in [2.05, 4.69) is 74.7 Å². The van der Waals surface area contributed by atoms with E-state index in [1.54, 1.807) is 4.68 Å². The maximum atomic E-state index is 11.7. The average molecular weight is 360 g/mol.